The molecule has 1 unspecified atom stereocenters. The molecule has 0 aliphatic rings. The van der Waals surface area contributed by atoms with Crippen LogP contribution in [0.5, 0.6) is 0 Å². The first-order chi connectivity index (χ1) is 5.20. The molecule has 1 heterocycles. The zero-order valence-corrected chi connectivity index (χ0v) is 6.78. The van der Waals surface area contributed by atoms with E-state index in [0.29, 0.717) is 6.42 Å². The van der Waals surface area contributed by atoms with Crippen molar-refractivity contribution in [1.82, 2.24) is 9.97 Å². The van der Waals surface area contributed by atoms with Crippen molar-refractivity contribution in [2.75, 3.05) is 0 Å². The van der Waals surface area contributed by atoms with Crippen molar-refractivity contribution in [3.8, 4) is 0 Å². The quantitative estimate of drug-likeness (QED) is 0.678. The van der Waals surface area contributed by atoms with Crippen molar-refractivity contribution in [2.45, 2.75) is 26.4 Å². The lowest BCUT2D eigenvalue weighted by atomic mass is 10.1. The summed E-state index contributed by atoms with van der Waals surface area (Å²) >= 11 is 0. The number of aryl methyl sites for hydroxylation is 1. The summed E-state index contributed by atoms with van der Waals surface area (Å²) in [6, 6.07) is 0. The molecule has 0 aliphatic carbocycles. The summed E-state index contributed by atoms with van der Waals surface area (Å²) in [5.41, 5.74) is 1.96. The van der Waals surface area contributed by atoms with E-state index in [-0.39, 0.29) is 6.10 Å². The van der Waals surface area contributed by atoms with Crippen molar-refractivity contribution in [3.63, 3.8) is 0 Å². The molecule has 0 radical (unpaired) electrons. The van der Waals surface area contributed by atoms with Crippen LogP contribution < -0.4 is 0 Å². The van der Waals surface area contributed by atoms with E-state index in [1.807, 2.05) is 6.92 Å². The molecule has 0 aliphatic heterocycles. The third-order valence-electron chi connectivity index (χ3n) is 1.53. The Balaban J connectivity index is 2.78. The lowest BCUT2D eigenvalue weighted by molar-refractivity contribution is 0.195. The SMILES string of the molecule is Cc1ncncc1CC(C)O. The molecule has 1 rings (SSSR count). The van der Waals surface area contributed by atoms with Gasteiger partial charge in [0.25, 0.3) is 0 Å². The fourth-order valence-electron chi connectivity index (χ4n) is 0.938. The molecule has 0 saturated carbocycles. The lowest BCUT2D eigenvalue weighted by Gasteiger charge is -2.04. The van der Waals surface area contributed by atoms with Gasteiger partial charge in [-0.25, -0.2) is 9.97 Å². The van der Waals surface area contributed by atoms with Crippen LogP contribution in [0.3, 0.4) is 0 Å². The van der Waals surface area contributed by atoms with Crippen LogP contribution in [-0.4, -0.2) is 21.2 Å². The maximum absolute atomic E-state index is 9.07. The van der Waals surface area contributed by atoms with Crippen molar-refractivity contribution < 1.29 is 5.11 Å². The molecule has 0 bridgehead atoms. The number of aromatic nitrogens is 2. The van der Waals surface area contributed by atoms with Crippen LogP contribution in [0.25, 0.3) is 0 Å². The predicted molar refractivity (Wildman–Crippen MR) is 42.2 cm³/mol. The third kappa shape index (κ3) is 2.27. The van der Waals surface area contributed by atoms with Crippen LogP contribution in [0, 0.1) is 6.92 Å². The Hall–Kier alpha value is -0.960. The first kappa shape index (κ1) is 8.14. The van der Waals surface area contributed by atoms with Crippen LogP contribution in [-0.2, 0) is 6.42 Å². The average molecular weight is 152 g/mol. The van der Waals surface area contributed by atoms with E-state index >= 15 is 0 Å². The Morgan fingerprint density at radius 2 is 2.36 bits per heavy atom. The Morgan fingerprint density at radius 3 is 2.91 bits per heavy atom. The summed E-state index contributed by atoms with van der Waals surface area (Å²) in [5.74, 6) is 0. The molecular formula is C8H12N2O. The van der Waals surface area contributed by atoms with Crippen LogP contribution in [0.4, 0.5) is 0 Å². The van der Waals surface area contributed by atoms with Gasteiger partial charge in [0.05, 0.1) is 6.10 Å². The molecule has 0 amide bonds. The summed E-state index contributed by atoms with van der Waals surface area (Å²) < 4.78 is 0. The first-order valence-corrected chi connectivity index (χ1v) is 3.63. The Bertz CT molecular complexity index is 235. The summed E-state index contributed by atoms with van der Waals surface area (Å²) in [6.45, 7) is 3.67. The highest BCUT2D eigenvalue weighted by Crippen LogP contribution is 2.04. The molecule has 1 aromatic rings. The summed E-state index contributed by atoms with van der Waals surface area (Å²) in [4.78, 5) is 7.89. The molecule has 0 saturated heterocycles. The minimum absolute atomic E-state index is 0.320. The summed E-state index contributed by atoms with van der Waals surface area (Å²) in [6.07, 6.45) is 3.57. The minimum Gasteiger partial charge on any atom is -0.393 e. The van der Waals surface area contributed by atoms with E-state index in [2.05, 4.69) is 9.97 Å². The molecule has 3 nitrogen and oxygen atoms in total. The van der Waals surface area contributed by atoms with E-state index < -0.39 is 0 Å². The summed E-state index contributed by atoms with van der Waals surface area (Å²) in [5, 5.41) is 9.07. The number of aliphatic hydroxyl groups is 1. The van der Waals surface area contributed by atoms with Gasteiger partial charge >= 0.3 is 0 Å². The first-order valence-electron chi connectivity index (χ1n) is 3.63. The van der Waals surface area contributed by atoms with Crippen molar-refractivity contribution in [2.24, 2.45) is 0 Å². The second-order valence-corrected chi connectivity index (χ2v) is 2.69. The second-order valence-electron chi connectivity index (χ2n) is 2.69. The van der Waals surface area contributed by atoms with Crippen molar-refractivity contribution in [3.05, 3.63) is 23.8 Å². The van der Waals surface area contributed by atoms with Crippen LogP contribution >= 0.6 is 0 Å². The van der Waals surface area contributed by atoms with Gasteiger partial charge in [0.15, 0.2) is 0 Å². The van der Waals surface area contributed by atoms with E-state index in [1.165, 1.54) is 6.33 Å². The van der Waals surface area contributed by atoms with Gasteiger partial charge in [-0.15, -0.1) is 0 Å². The lowest BCUT2D eigenvalue weighted by Crippen LogP contribution is -2.06. The van der Waals surface area contributed by atoms with E-state index in [9.17, 15) is 0 Å². The maximum atomic E-state index is 9.07. The molecule has 0 aromatic carbocycles. The van der Waals surface area contributed by atoms with Crippen LogP contribution in [0.1, 0.15) is 18.2 Å². The standard InChI is InChI=1S/C8H12N2O/c1-6(11)3-8-4-9-5-10-7(8)2/h4-6,11H,3H2,1-2H3. The highest BCUT2D eigenvalue weighted by Gasteiger charge is 2.02. The summed E-state index contributed by atoms with van der Waals surface area (Å²) in [7, 11) is 0. The molecule has 11 heavy (non-hydrogen) atoms. The number of hydrogen-bond donors (Lipinski definition) is 1. The number of hydrogen-bond acceptors (Lipinski definition) is 3. The Kier molecular flexibility index (Phi) is 2.54. The number of aliphatic hydroxyl groups excluding tert-OH is 1. The second kappa shape index (κ2) is 3.44. The van der Waals surface area contributed by atoms with Crippen molar-refractivity contribution in [1.29, 1.82) is 0 Å². The van der Waals surface area contributed by atoms with Gasteiger partial charge in [-0.2, -0.15) is 0 Å². The number of rotatable bonds is 2. The van der Waals surface area contributed by atoms with Crippen molar-refractivity contribution >= 4 is 0 Å². The smallest absolute Gasteiger partial charge is 0.115 e. The van der Waals surface area contributed by atoms with E-state index in [4.69, 9.17) is 5.11 Å². The normalized spacial score (nSPS) is 13.0. The molecule has 3 heteroatoms. The Morgan fingerprint density at radius 1 is 1.64 bits per heavy atom. The Labute approximate surface area is 66.1 Å². The molecule has 1 atom stereocenters. The third-order valence-corrected chi connectivity index (χ3v) is 1.53. The molecule has 0 fully saturated rings. The van der Waals surface area contributed by atoms with Gasteiger partial charge in [-0.3, -0.25) is 0 Å². The molecule has 0 spiro atoms. The predicted octanol–water partition coefficient (Wildman–Crippen LogP) is 0.708. The fourth-order valence-corrected chi connectivity index (χ4v) is 0.938. The molecular weight excluding hydrogens is 140 g/mol. The fraction of sp³-hybridized carbons (Fsp3) is 0.500. The molecule has 1 aromatic heterocycles. The van der Waals surface area contributed by atoms with Gasteiger partial charge < -0.3 is 5.11 Å². The topological polar surface area (TPSA) is 46.0 Å². The zero-order chi connectivity index (χ0) is 8.27. The monoisotopic (exact) mass is 152 g/mol. The van der Waals surface area contributed by atoms with Gasteiger partial charge in [0.2, 0.25) is 0 Å². The van der Waals surface area contributed by atoms with E-state index in [0.717, 1.165) is 11.3 Å². The molecule has 1 N–H and O–H groups in total. The van der Waals surface area contributed by atoms with Gasteiger partial charge in [-0.05, 0) is 19.4 Å². The van der Waals surface area contributed by atoms with Crippen LogP contribution in [0.15, 0.2) is 12.5 Å². The highest BCUT2D eigenvalue weighted by atomic mass is 16.3. The van der Waals surface area contributed by atoms with Gasteiger partial charge in [-0.1, -0.05) is 0 Å². The largest absolute Gasteiger partial charge is 0.393 e. The zero-order valence-electron chi connectivity index (χ0n) is 6.78. The van der Waals surface area contributed by atoms with E-state index in [1.54, 1.807) is 13.1 Å². The minimum atomic E-state index is -0.320. The average Bonchev–Trinajstić information content (AvgIpc) is 1.93. The highest BCUT2D eigenvalue weighted by molar-refractivity contribution is 5.14. The van der Waals surface area contributed by atoms with Crippen LogP contribution in [0.2, 0.25) is 0 Å². The van der Waals surface area contributed by atoms with Gasteiger partial charge in [0, 0.05) is 18.3 Å². The maximum Gasteiger partial charge on any atom is 0.115 e. The van der Waals surface area contributed by atoms with Gasteiger partial charge in [0.1, 0.15) is 6.33 Å². The number of nitrogens with zero attached hydrogens (tertiary/aromatic N) is 2. The molecule has 60 valence electrons.